The molecule has 0 bridgehead atoms. The normalized spacial score (nSPS) is 23.4. The molecule has 2 aliphatic heterocycles. The van der Waals surface area contributed by atoms with E-state index in [4.69, 9.17) is 4.74 Å². The first-order valence-electron chi connectivity index (χ1n) is 7.19. The standard InChI is InChI=1S/C13H24N2O4S/c1-11(2)19-7-8-20(17,18)15-5-3-13(4-6-15)9-12(16)14-10-13/h11H,3-10H2,1-2H3,(H,14,16). The van der Waals surface area contributed by atoms with E-state index in [0.29, 0.717) is 26.1 Å². The molecule has 0 aromatic heterocycles. The monoisotopic (exact) mass is 304 g/mol. The summed E-state index contributed by atoms with van der Waals surface area (Å²) in [6.07, 6.45) is 2.11. The molecule has 1 amide bonds. The van der Waals surface area contributed by atoms with Crippen LogP contribution in [0.5, 0.6) is 0 Å². The van der Waals surface area contributed by atoms with E-state index in [1.807, 2.05) is 13.8 Å². The molecule has 0 aromatic carbocycles. The van der Waals surface area contributed by atoms with Gasteiger partial charge in [0.05, 0.1) is 18.5 Å². The Morgan fingerprint density at radius 3 is 2.50 bits per heavy atom. The second-order valence-electron chi connectivity index (χ2n) is 6.09. The maximum Gasteiger partial charge on any atom is 0.220 e. The summed E-state index contributed by atoms with van der Waals surface area (Å²) in [5.74, 6) is 0.127. The highest BCUT2D eigenvalue weighted by atomic mass is 32.2. The molecule has 0 aromatic rings. The lowest BCUT2D eigenvalue weighted by Crippen LogP contribution is -2.45. The zero-order valence-corrected chi connectivity index (χ0v) is 13.0. The Morgan fingerprint density at radius 2 is 2.00 bits per heavy atom. The average Bonchev–Trinajstić information content (AvgIpc) is 2.70. The van der Waals surface area contributed by atoms with Crippen molar-refractivity contribution >= 4 is 15.9 Å². The average molecular weight is 304 g/mol. The Balaban J connectivity index is 1.85. The van der Waals surface area contributed by atoms with Crippen LogP contribution in [0.15, 0.2) is 0 Å². The van der Waals surface area contributed by atoms with Crippen molar-refractivity contribution in [1.82, 2.24) is 9.62 Å². The summed E-state index contributed by atoms with van der Waals surface area (Å²) in [7, 11) is -3.24. The molecule has 6 nitrogen and oxygen atoms in total. The number of piperidine rings is 1. The van der Waals surface area contributed by atoms with Gasteiger partial charge in [-0.2, -0.15) is 0 Å². The van der Waals surface area contributed by atoms with E-state index in [-0.39, 0.29) is 29.8 Å². The van der Waals surface area contributed by atoms with Crippen LogP contribution in [-0.2, 0) is 19.6 Å². The van der Waals surface area contributed by atoms with Gasteiger partial charge in [-0.15, -0.1) is 0 Å². The van der Waals surface area contributed by atoms with Crippen LogP contribution in [-0.4, -0.2) is 56.7 Å². The number of sulfonamides is 1. The summed E-state index contributed by atoms with van der Waals surface area (Å²) in [6, 6.07) is 0. The number of amides is 1. The van der Waals surface area contributed by atoms with E-state index < -0.39 is 10.0 Å². The summed E-state index contributed by atoms with van der Waals surface area (Å²) in [4.78, 5) is 11.3. The molecule has 116 valence electrons. The van der Waals surface area contributed by atoms with Crippen LogP contribution < -0.4 is 5.32 Å². The summed E-state index contributed by atoms with van der Waals surface area (Å²) < 4.78 is 31.3. The molecule has 20 heavy (non-hydrogen) atoms. The lowest BCUT2D eigenvalue weighted by Gasteiger charge is -2.37. The summed E-state index contributed by atoms with van der Waals surface area (Å²) in [5.41, 5.74) is -0.0163. The molecule has 0 unspecified atom stereocenters. The predicted molar refractivity (Wildman–Crippen MR) is 75.7 cm³/mol. The van der Waals surface area contributed by atoms with Gasteiger partial charge in [-0.3, -0.25) is 4.79 Å². The van der Waals surface area contributed by atoms with Gasteiger partial charge in [0, 0.05) is 26.1 Å². The Bertz CT molecular complexity index is 453. The van der Waals surface area contributed by atoms with Crippen molar-refractivity contribution < 1.29 is 17.9 Å². The quantitative estimate of drug-likeness (QED) is 0.795. The molecule has 0 radical (unpaired) electrons. The number of nitrogens with one attached hydrogen (secondary N) is 1. The summed E-state index contributed by atoms with van der Waals surface area (Å²) in [6.45, 7) is 5.73. The second kappa shape index (κ2) is 5.99. The second-order valence-corrected chi connectivity index (χ2v) is 8.18. The van der Waals surface area contributed by atoms with Crippen molar-refractivity contribution in [2.24, 2.45) is 5.41 Å². The minimum Gasteiger partial charge on any atom is -0.378 e. The number of hydrogen-bond acceptors (Lipinski definition) is 4. The van der Waals surface area contributed by atoms with Crippen molar-refractivity contribution in [1.29, 1.82) is 0 Å². The largest absolute Gasteiger partial charge is 0.378 e. The van der Waals surface area contributed by atoms with Crippen LogP contribution in [0.4, 0.5) is 0 Å². The topological polar surface area (TPSA) is 75.7 Å². The third-order valence-corrected chi connectivity index (χ3v) is 6.00. The van der Waals surface area contributed by atoms with Gasteiger partial charge >= 0.3 is 0 Å². The zero-order chi connectivity index (χ0) is 14.8. The lowest BCUT2D eigenvalue weighted by atomic mass is 9.78. The van der Waals surface area contributed by atoms with Gasteiger partial charge in [-0.25, -0.2) is 12.7 Å². The van der Waals surface area contributed by atoms with Crippen molar-refractivity contribution in [2.45, 2.75) is 39.2 Å². The van der Waals surface area contributed by atoms with Crippen LogP contribution >= 0.6 is 0 Å². The SMILES string of the molecule is CC(C)OCCS(=O)(=O)N1CCC2(CC1)CNC(=O)C2. The molecular formula is C13H24N2O4S. The van der Waals surface area contributed by atoms with Crippen molar-refractivity contribution in [3.63, 3.8) is 0 Å². The van der Waals surface area contributed by atoms with Gasteiger partial charge in [-0.05, 0) is 32.1 Å². The fraction of sp³-hybridized carbons (Fsp3) is 0.923. The van der Waals surface area contributed by atoms with Crippen molar-refractivity contribution in [3.05, 3.63) is 0 Å². The fourth-order valence-electron chi connectivity index (χ4n) is 2.86. The van der Waals surface area contributed by atoms with E-state index in [1.165, 1.54) is 0 Å². The summed E-state index contributed by atoms with van der Waals surface area (Å²) >= 11 is 0. The molecule has 0 aliphatic carbocycles. The van der Waals surface area contributed by atoms with E-state index >= 15 is 0 Å². The first kappa shape index (κ1) is 15.7. The Labute approximate surface area is 120 Å². The van der Waals surface area contributed by atoms with Crippen LogP contribution in [0.1, 0.15) is 33.1 Å². The maximum atomic E-state index is 12.2. The number of rotatable bonds is 5. The minimum absolute atomic E-state index is 0.0163. The van der Waals surface area contributed by atoms with Crippen LogP contribution in [0.3, 0.4) is 0 Å². The van der Waals surface area contributed by atoms with Gasteiger partial charge in [0.1, 0.15) is 0 Å². The molecule has 2 aliphatic rings. The van der Waals surface area contributed by atoms with Gasteiger partial charge < -0.3 is 10.1 Å². The van der Waals surface area contributed by atoms with Crippen molar-refractivity contribution in [3.8, 4) is 0 Å². The fourth-order valence-corrected chi connectivity index (χ4v) is 4.17. The molecule has 0 atom stereocenters. The molecule has 2 rings (SSSR count). The highest BCUT2D eigenvalue weighted by Gasteiger charge is 2.42. The smallest absolute Gasteiger partial charge is 0.220 e. The maximum absolute atomic E-state index is 12.2. The molecule has 2 heterocycles. The van der Waals surface area contributed by atoms with Gasteiger partial charge in [-0.1, -0.05) is 0 Å². The Hall–Kier alpha value is -0.660. The first-order valence-corrected chi connectivity index (χ1v) is 8.80. The third-order valence-electron chi connectivity index (χ3n) is 4.17. The van der Waals surface area contributed by atoms with Crippen LogP contribution in [0, 0.1) is 5.41 Å². The number of hydrogen-bond donors (Lipinski definition) is 1. The summed E-state index contributed by atoms with van der Waals surface area (Å²) in [5, 5.41) is 2.85. The van der Waals surface area contributed by atoms with E-state index in [9.17, 15) is 13.2 Å². The van der Waals surface area contributed by atoms with Gasteiger partial charge in [0.2, 0.25) is 15.9 Å². The zero-order valence-electron chi connectivity index (χ0n) is 12.2. The van der Waals surface area contributed by atoms with Crippen LogP contribution in [0.2, 0.25) is 0 Å². The lowest BCUT2D eigenvalue weighted by molar-refractivity contribution is -0.119. The van der Waals surface area contributed by atoms with E-state index in [2.05, 4.69) is 5.32 Å². The van der Waals surface area contributed by atoms with E-state index in [1.54, 1.807) is 4.31 Å². The van der Waals surface area contributed by atoms with Crippen LogP contribution in [0.25, 0.3) is 0 Å². The highest BCUT2D eigenvalue weighted by molar-refractivity contribution is 7.89. The molecule has 0 saturated carbocycles. The van der Waals surface area contributed by atoms with Gasteiger partial charge in [0.15, 0.2) is 0 Å². The number of nitrogens with zero attached hydrogens (tertiary/aromatic N) is 1. The number of carbonyl (C=O) groups is 1. The minimum atomic E-state index is -3.24. The molecule has 2 saturated heterocycles. The van der Waals surface area contributed by atoms with Gasteiger partial charge in [0.25, 0.3) is 0 Å². The first-order chi connectivity index (χ1) is 9.33. The molecule has 1 spiro atoms. The highest BCUT2D eigenvalue weighted by Crippen LogP contribution is 2.38. The molecular weight excluding hydrogens is 280 g/mol. The van der Waals surface area contributed by atoms with E-state index in [0.717, 1.165) is 12.8 Å². The molecule has 7 heteroatoms. The number of carbonyl (C=O) groups excluding carboxylic acids is 1. The number of ether oxygens (including phenoxy) is 1. The Kier molecular flexibility index (Phi) is 4.71. The predicted octanol–water partition coefficient (Wildman–Crippen LogP) is 0.343. The van der Waals surface area contributed by atoms with Crippen molar-refractivity contribution in [2.75, 3.05) is 32.0 Å². The third kappa shape index (κ3) is 3.71. The Morgan fingerprint density at radius 1 is 1.35 bits per heavy atom. The molecule has 1 N–H and O–H groups in total. The molecule has 2 fully saturated rings.